The lowest BCUT2D eigenvalue weighted by Crippen LogP contribution is -2.50. The lowest BCUT2D eigenvalue weighted by molar-refractivity contribution is -0.140. The summed E-state index contributed by atoms with van der Waals surface area (Å²) in [4.78, 5) is 14.8. The van der Waals surface area contributed by atoms with Crippen molar-refractivity contribution in [3.63, 3.8) is 0 Å². The third-order valence-corrected chi connectivity index (χ3v) is 8.36. The van der Waals surface area contributed by atoms with Crippen molar-refractivity contribution in [2.75, 3.05) is 38.0 Å². The summed E-state index contributed by atoms with van der Waals surface area (Å²) >= 11 is 0. The van der Waals surface area contributed by atoms with E-state index in [1.807, 2.05) is 6.92 Å². The van der Waals surface area contributed by atoms with Gasteiger partial charge in [0.15, 0.2) is 10.7 Å². The Labute approximate surface area is 223 Å². The van der Waals surface area contributed by atoms with Crippen molar-refractivity contribution in [1.82, 2.24) is 33.9 Å². The number of para-hydroxylation sites is 1. The number of sulfonamides is 1. The first-order valence-corrected chi connectivity index (χ1v) is 13.7. The maximum Gasteiger partial charge on any atom is 0.435 e. The topological polar surface area (TPSA) is 109 Å². The molecule has 5 rings (SSSR count). The Balaban J connectivity index is 1.29. The molecule has 1 saturated heterocycles. The number of aromatic nitrogens is 5. The van der Waals surface area contributed by atoms with Gasteiger partial charge in [-0.3, -0.25) is 9.58 Å². The second kappa shape index (κ2) is 10.5. The van der Waals surface area contributed by atoms with Crippen molar-refractivity contribution in [3.05, 3.63) is 60.8 Å². The van der Waals surface area contributed by atoms with Crippen molar-refractivity contribution in [2.45, 2.75) is 24.2 Å². The highest BCUT2D eigenvalue weighted by Crippen LogP contribution is 2.38. The van der Waals surface area contributed by atoms with Gasteiger partial charge in [0.1, 0.15) is 12.1 Å². The van der Waals surface area contributed by atoms with Gasteiger partial charge in [0.05, 0.1) is 5.52 Å². The minimum absolute atomic E-state index is 0.0390. The van der Waals surface area contributed by atoms with Crippen molar-refractivity contribution < 1.29 is 21.6 Å². The number of piperazine rings is 1. The van der Waals surface area contributed by atoms with E-state index in [0.717, 1.165) is 4.68 Å². The van der Waals surface area contributed by atoms with Gasteiger partial charge in [-0.1, -0.05) is 18.2 Å². The van der Waals surface area contributed by atoms with E-state index in [-0.39, 0.29) is 16.6 Å². The van der Waals surface area contributed by atoms with Gasteiger partial charge in [0.25, 0.3) is 10.0 Å². The SMILES string of the molecule is CC(CN1CCN(S(=O)(=O)c2ccccn2)CC1)Nc1ncnc2c(-c3cn(C)nc3C(F)(F)F)cccc12. The number of hydrogen-bond acceptors (Lipinski definition) is 8. The first-order chi connectivity index (χ1) is 18.5. The maximum atomic E-state index is 13.6. The summed E-state index contributed by atoms with van der Waals surface area (Å²) in [5.74, 6) is 0.503. The third-order valence-electron chi connectivity index (χ3n) is 6.54. The molecule has 0 amide bonds. The molecular weight excluding hydrogens is 533 g/mol. The first-order valence-electron chi connectivity index (χ1n) is 12.3. The zero-order valence-corrected chi connectivity index (χ0v) is 22.1. The van der Waals surface area contributed by atoms with E-state index in [0.29, 0.717) is 55.0 Å². The number of anilines is 1. The van der Waals surface area contributed by atoms with E-state index >= 15 is 0 Å². The predicted octanol–water partition coefficient (Wildman–Crippen LogP) is 3.25. The van der Waals surface area contributed by atoms with Crippen molar-refractivity contribution in [2.24, 2.45) is 7.05 Å². The van der Waals surface area contributed by atoms with E-state index < -0.39 is 21.9 Å². The normalized spacial score (nSPS) is 16.4. The van der Waals surface area contributed by atoms with E-state index in [4.69, 9.17) is 0 Å². The minimum atomic E-state index is -4.61. The molecule has 0 aliphatic carbocycles. The summed E-state index contributed by atoms with van der Waals surface area (Å²) in [5.41, 5.74) is -0.319. The smallest absolute Gasteiger partial charge is 0.366 e. The lowest BCUT2D eigenvalue weighted by Gasteiger charge is -2.35. The highest BCUT2D eigenvalue weighted by Gasteiger charge is 2.38. The molecule has 4 aromatic rings. The van der Waals surface area contributed by atoms with E-state index in [1.54, 1.807) is 30.3 Å². The van der Waals surface area contributed by atoms with Gasteiger partial charge in [-0.25, -0.2) is 23.4 Å². The Kier molecular flexibility index (Phi) is 7.27. The number of nitrogens with zero attached hydrogens (tertiary/aromatic N) is 7. The van der Waals surface area contributed by atoms with E-state index in [1.165, 1.54) is 36.1 Å². The molecular formula is C25H27F3N8O2S. The Hall–Kier alpha value is -3.62. The average Bonchev–Trinajstić information content (AvgIpc) is 3.31. The number of benzene rings is 1. The highest BCUT2D eigenvalue weighted by atomic mass is 32.2. The van der Waals surface area contributed by atoms with Crippen molar-refractivity contribution in [3.8, 4) is 11.1 Å². The van der Waals surface area contributed by atoms with Crippen LogP contribution < -0.4 is 5.32 Å². The molecule has 1 atom stereocenters. The van der Waals surface area contributed by atoms with Crippen LogP contribution in [0.3, 0.4) is 0 Å². The van der Waals surface area contributed by atoms with E-state index in [9.17, 15) is 21.6 Å². The monoisotopic (exact) mass is 560 g/mol. The molecule has 1 aliphatic rings. The molecule has 0 saturated carbocycles. The molecule has 1 aromatic carbocycles. The maximum absolute atomic E-state index is 13.6. The fourth-order valence-corrected chi connectivity index (χ4v) is 6.12. The van der Waals surface area contributed by atoms with Gasteiger partial charge in [-0.2, -0.15) is 22.6 Å². The largest absolute Gasteiger partial charge is 0.435 e. The number of pyridine rings is 1. The predicted molar refractivity (Wildman–Crippen MR) is 139 cm³/mol. The van der Waals surface area contributed by atoms with Crippen LogP contribution in [-0.4, -0.2) is 81.1 Å². The molecule has 1 fully saturated rings. The molecule has 39 heavy (non-hydrogen) atoms. The van der Waals surface area contributed by atoms with Crippen LogP contribution in [0, 0.1) is 0 Å². The van der Waals surface area contributed by atoms with Gasteiger partial charge in [-0.15, -0.1) is 0 Å². The molecule has 1 N–H and O–H groups in total. The Morgan fingerprint density at radius 2 is 1.77 bits per heavy atom. The zero-order valence-electron chi connectivity index (χ0n) is 21.3. The van der Waals surface area contributed by atoms with Gasteiger partial charge in [0, 0.05) is 74.7 Å². The minimum Gasteiger partial charge on any atom is -0.366 e. The summed E-state index contributed by atoms with van der Waals surface area (Å²) in [6, 6.07) is 9.75. The number of rotatable bonds is 7. The lowest BCUT2D eigenvalue weighted by atomic mass is 10.0. The van der Waals surface area contributed by atoms with Gasteiger partial charge < -0.3 is 5.32 Å². The standard InChI is InChI=1S/C25H27F3N8O2S/c1-17(14-35-10-12-36(13-11-35)39(37,38)21-8-3-4-9-29-21)32-24-19-7-5-6-18(22(19)30-16-31-24)20-15-34(2)33-23(20)25(26,27)28/h3-9,15-17H,10-14H2,1-2H3,(H,30,31,32). The number of nitrogens with one attached hydrogen (secondary N) is 1. The Morgan fingerprint density at radius 1 is 1.00 bits per heavy atom. The fraction of sp³-hybridized carbons (Fsp3) is 0.360. The molecule has 0 radical (unpaired) electrons. The number of aryl methyl sites for hydroxylation is 1. The van der Waals surface area contributed by atoms with Crippen molar-refractivity contribution >= 4 is 26.7 Å². The van der Waals surface area contributed by atoms with Crippen LogP contribution >= 0.6 is 0 Å². The summed E-state index contributed by atoms with van der Waals surface area (Å²) in [6.45, 7) is 4.37. The molecule has 206 valence electrons. The molecule has 10 nitrogen and oxygen atoms in total. The second-order valence-corrected chi connectivity index (χ2v) is 11.3. The van der Waals surface area contributed by atoms with Gasteiger partial charge >= 0.3 is 6.18 Å². The van der Waals surface area contributed by atoms with Gasteiger partial charge in [0.2, 0.25) is 0 Å². The Bertz CT molecular complexity index is 1570. The average molecular weight is 561 g/mol. The molecule has 0 bridgehead atoms. The quantitative estimate of drug-likeness (QED) is 0.367. The summed E-state index contributed by atoms with van der Waals surface area (Å²) in [5, 5.41) is 7.60. The molecule has 1 unspecified atom stereocenters. The zero-order chi connectivity index (χ0) is 27.8. The van der Waals surface area contributed by atoms with Crippen LogP contribution in [0.2, 0.25) is 0 Å². The molecule has 4 heterocycles. The van der Waals surface area contributed by atoms with Gasteiger partial charge in [-0.05, 0) is 25.1 Å². The molecule has 1 aliphatic heterocycles. The van der Waals surface area contributed by atoms with Crippen LogP contribution in [0.4, 0.5) is 19.0 Å². The Morgan fingerprint density at radius 3 is 2.46 bits per heavy atom. The van der Waals surface area contributed by atoms with Crippen LogP contribution in [0.5, 0.6) is 0 Å². The first kappa shape index (κ1) is 27.0. The number of fused-ring (bicyclic) bond motifs is 1. The molecule has 14 heteroatoms. The third kappa shape index (κ3) is 5.58. The summed E-state index contributed by atoms with van der Waals surface area (Å²) < 4.78 is 69.2. The van der Waals surface area contributed by atoms with Crippen LogP contribution in [-0.2, 0) is 23.2 Å². The number of alkyl halides is 3. The molecule has 3 aromatic heterocycles. The second-order valence-electron chi connectivity index (χ2n) is 9.40. The van der Waals surface area contributed by atoms with Crippen LogP contribution in [0.25, 0.3) is 22.0 Å². The number of halogens is 3. The van der Waals surface area contributed by atoms with E-state index in [2.05, 4.69) is 30.3 Å². The van der Waals surface area contributed by atoms with Crippen LogP contribution in [0.1, 0.15) is 12.6 Å². The highest BCUT2D eigenvalue weighted by molar-refractivity contribution is 7.89. The number of hydrogen-bond donors (Lipinski definition) is 1. The molecule has 0 spiro atoms. The summed E-state index contributed by atoms with van der Waals surface area (Å²) in [7, 11) is -2.19. The van der Waals surface area contributed by atoms with Crippen molar-refractivity contribution in [1.29, 1.82) is 0 Å². The summed E-state index contributed by atoms with van der Waals surface area (Å²) in [6.07, 6.45) is -0.487. The van der Waals surface area contributed by atoms with Crippen LogP contribution in [0.15, 0.2) is 60.1 Å². The fourth-order valence-electron chi connectivity index (χ4n) is 4.77.